The number of likely N-dealkylation sites (tertiary alicyclic amines) is 1. The number of rotatable bonds is 2. The van der Waals surface area contributed by atoms with E-state index in [-0.39, 0.29) is 0 Å². The largest absolute Gasteiger partial charge is 0.341 e. The molecule has 98 valence electrons. The Bertz CT molecular complexity index is 247. The predicted molar refractivity (Wildman–Crippen MR) is 69.9 cm³/mol. The molecule has 2 fully saturated rings. The van der Waals surface area contributed by atoms with Gasteiger partial charge in [0.05, 0.1) is 0 Å². The number of hydrogen-bond donors (Lipinski definition) is 1. The lowest BCUT2D eigenvalue weighted by Gasteiger charge is -2.25. The van der Waals surface area contributed by atoms with Crippen LogP contribution in [0, 0.1) is 5.92 Å². The zero-order valence-electron chi connectivity index (χ0n) is 11.1. The zero-order chi connectivity index (χ0) is 12.1. The van der Waals surface area contributed by atoms with Crippen molar-refractivity contribution in [2.24, 2.45) is 5.92 Å². The third-order valence-electron chi connectivity index (χ3n) is 4.36. The number of carbonyl (C=O) groups excluding carboxylic acids is 1. The highest BCUT2D eigenvalue weighted by atomic mass is 16.2. The number of nitrogens with one attached hydrogen (secondary N) is 1. The van der Waals surface area contributed by atoms with Crippen LogP contribution in [0.2, 0.25) is 0 Å². The minimum absolute atomic E-state index is 0.325. The molecule has 0 radical (unpaired) electrons. The summed E-state index contributed by atoms with van der Waals surface area (Å²) in [6, 6.07) is 0.521. The van der Waals surface area contributed by atoms with Crippen LogP contribution in [-0.4, -0.2) is 37.0 Å². The first kappa shape index (κ1) is 12.9. The lowest BCUT2D eigenvalue weighted by atomic mass is 9.90. The van der Waals surface area contributed by atoms with Crippen molar-refractivity contribution in [2.45, 2.75) is 57.4 Å². The summed E-state index contributed by atoms with van der Waals surface area (Å²) in [5.41, 5.74) is 0. The summed E-state index contributed by atoms with van der Waals surface area (Å²) in [6.45, 7) is 1.88. The molecule has 1 saturated heterocycles. The van der Waals surface area contributed by atoms with Gasteiger partial charge in [-0.1, -0.05) is 32.1 Å². The summed E-state index contributed by atoms with van der Waals surface area (Å²) in [5, 5.41) is 3.28. The zero-order valence-corrected chi connectivity index (χ0v) is 11.1. The summed E-state index contributed by atoms with van der Waals surface area (Å²) in [7, 11) is 1.99. The van der Waals surface area contributed by atoms with Crippen LogP contribution in [0.3, 0.4) is 0 Å². The Kier molecular flexibility index (Phi) is 4.84. The van der Waals surface area contributed by atoms with E-state index in [1.807, 2.05) is 7.05 Å². The number of nitrogens with zero attached hydrogens (tertiary/aromatic N) is 1. The van der Waals surface area contributed by atoms with E-state index < -0.39 is 0 Å². The van der Waals surface area contributed by atoms with E-state index in [9.17, 15) is 4.79 Å². The molecule has 3 nitrogen and oxygen atoms in total. The lowest BCUT2D eigenvalue weighted by Crippen LogP contribution is -2.37. The topological polar surface area (TPSA) is 32.3 Å². The Hall–Kier alpha value is -0.570. The van der Waals surface area contributed by atoms with Gasteiger partial charge < -0.3 is 10.2 Å². The average Bonchev–Trinajstić information content (AvgIpc) is 2.76. The van der Waals surface area contributed by atoms with Crippen molar-refractivity contribution in [2.75, 3.05) is 20.1 Å². The van der Waals surface area contributed by atoms with Crippen LogP contribution in [-0.2, 0) is 4.79 Å². The molecule has 2 rings (SSSR count). The second-order valence-electron chi connectivity index (χ2n) is 5.60. The monoisotopic (exact) mass is 238 g/mol. The highest BCUT2D eigenvalue weighted by Gasteiger charge is 2.29. The summed E-state index contributed by atoms with van der Waals surface area (Å²) in [4.78, 5) is 14.5. The molecule has 3 heteroatoms. The molecule has 0 aromatic carbocycles. The molecule has 1 saturated carbocycles. The fraction of sp³-hybridized carbons (Fsp3) is 0.929. The Labute approximate surface area is 105 Å². The van der Waals surface area contributed by atoms with Gasteiger partial charge in [0.25, 0.3) is 0 Å². The van der Waals surface area contributed by atoms with Crippen LogP contribution in [0.15, 0.2) is 0 Å². The van der Waals surface area contributed by atoms with E-state index in [0.717, 1.165) is 32.4 Å². The van der Waals surface area contributed by atoms with Crippen molar-refractivity contribution < 1.29 is 4.79 Å². The van der Waals surface area contributed by atoms with E-state index >= 15 is 0 Å². The van der Waals surface area contributed by atoms with Crippen LogP contribution in [0.1, 0.15) is 51.4 Å². The quantitative estimate of drug-likeness (QED) is 0.799. The maximum Gasteiger partial charge on any atom is 0.225 e. The number of amides is 1. The normalized spacial score (nSPS) is 27.8. The minimum Gasteiger partial charge on any atom is -0.341 e. The first-order valence-electron chi connectivity index (χ1n) is 7.27. The second kappa shape index (κ2) is 6.39. The molecule has 0 aromatic heterocycles. The maximum absolute atomic E-state index is 12.4. The average molecular weight is 238 g/mol. The third kappa shape index (κ3) is 3.44. The molecule has 1 heterocycles. The van der Waals surface area contributed by atoms with Crippen LogP contribution in [0.5, 0.6) is 0 Å². The van der Waals surface area contributed by atoms with E-state index in [1.165, 1.54) is 32.1 Å². The highest BCUT2D eigenvalue weighted by molar-refractivity contribution is 5.79. The van der Waals surface area contributed by atoms with Crippen LogP contribution >= 0.6 is 0 Å². The highest BCUT2D eigenvalue weighted by Crippen LogP contribution is 2.25. The van der Waals surface area contributed by atoms with Gasteiger partial charge in [-0.05, 0) is 26.3 Å². The minimum atomic E-state index is 0.325. The Morgan fingerprint density at radius 2 is 1.71 bits per heavy atom. The second-order valence-corrected chi connectivity index (χ2v) is 5.60. The van der Waals surface area contributed by atoms with Gasteiger partial charge in [0.2, 0.25) is 5.91 Å². The van der Waals surface area contributed by atoms with E-state index in [2.05, 4.69) is 10.2 Å². The van der Waals surface area contributed by atoms with Gasteiger partial charge in [0.1, 0.15) is 0 Å². The summed E-state index contributed by atoms with van der Waals surface area (Å²) in [6.07, 6.45) is 9.88. The van der Waals surface area contributed by atoms with Gasteiger partial charge in [0.15, 0.2) is 0 Å². The van der Waals surface area contributed by atoms with Crippen LogP contribution < -0.4 is 5.32 Å². The fourth-order valence-corrected chi connectivity index (χ4v) is 3.16. The standard InChI is InChI=1S/C14H26N2O/c1-15-13-9-10-16(11-13)14(17)12-7-5-3-2-4-6-8-12/h12-13,15H,2-11H2,1H3. The summed E-state index contributed by atoms with van der Waals surface area (Å²) in [5.74, 6) is 0.760. The summed E-state index contributed by atoms with van der Waals surface area (Å²) < 4.78 is 0. The van der Waals surface area contributed by atoms with Crippen molar-refractivity contribution in [3.05, 3.63) is 0 Å². The predicted octanol–water partition coefficient (Wildman–Crippen LogP) is 2.17. The van der Waals surface area contributed by atoms with Crippen molar-refractivity contribution in [1.82, 2.24) is 10.2 Å². The first-order chi connectivity index (χ1) is 8.31. The molecular weight excluding hydrogens is 212 g/mol. The third-order valence-corrected chi connectivity index (χ3v) is 4.36. The molecule has 0 spiro atoms. The van der Waals surface area contributed by atoms with Gasteiger partial charge in [-0.25, -0.2) is 0 Å². The van der Waals surface area contributed by atoms with E-state index in [1.54, 1.807) is 0 Å². The number of hydrogen-bond acceptors (Lipinski definition) is 2. The Morgan fingerprint density at radius 1 is 1.06 bits per heavy atom. The fourth-order valence-electron chi connectivity index (χ4n) is 3.16. The molecule has 0 aromatic rings. The molecule has 1 aliphatic heterocycles. The molecule has 0 bridgehead atoms. The van der Waals surface area contributed by atoms with Crippen LogP contribution in [0.4, 0.5) is 0 Å². The van der Waals surface area contributed by atoms with Crippen molar-refractivity contribution >= 4 is 5.91 Å². The first-order valence-corrected chi connectivity index (χ1v) is 7.27. The Morgan fingerprint density at radius 3 is 2.29 bits per heavy atom. The molecule has 17 heavy (non-hydrogen) atoms. The molecular formula is C14H26N2O. The molecule has 1 atom stereocenters. The molecule has 1 amide bonds. The van der Waals surface area contributed by atoms with Crippen molar-refractivity contribution in [3.63, 3.8) is 0 Å². The molecule has 2 aliphatic rings. The summed E-state index contributed by atoms with van der Waals surface area (Å²) >= 11 is 0. The van der Waals surface area contributed by atoms with Crippen molar-refractivity contribution in [1.29, 1.82) is 0 Å². The molecule has 1 aliphatic carbocycles. The Balaban J connectivity index is 1.85. The number of carbonyl (C=O) groups is 1. The smallest absolute Gasteiger partial charge is 0.225 e. The van der Waals surface area contributed by atoms with Gasteiger partial charge in [-0.2, -0.15) is 0 Å². The SMILES string of the molecule is CNC1CCN(C(=O)C2CCCCCCC2)C1. The lowest BCUT2D eigenvalue weighted by molar-refractivity contribution is -0.135. The molecule has 1 unspecified atom stereocenters. The van der Waals surface area contributed by atoms with Crippen LogP contribution in [0.25, 0.3) is 0 Å². The van der Waals surface area contributed by atoms with Gasteiger partial charge in [-0.15, -0.1) is 0 Å². The molecule has 1 N–H and O–H groups in total. The van der Waals surface area contributed by atoms with Gasteiger partial charge >= 0.3 is 0 Å². The van der Waals surface area contributed by atoms with Gasteiger partial charge in [0, 0.05) is 25.0 Å². The van der Waals surface area contributed by atoms with E-state index in [0.29, 0.717) is 17.9 Å². The van der Waals surface area contributed by atoms with Gasteiger partial charge in [-0.3, -0.25) is 4.79 Å². The maximum atomic E-state index is 12.4. The van der Waals surface area contributed by atoms with Crippen molar-refractivity contribution in [3.8, 4) is 0 Å². The van der Waals surface area contributed by atoms with E-state index in [4.69, 9.17) is 0 Å². The number of likely N-dealkylation sites (N-methyl/N-ethyl adjacent to an activating group) is 1.